The van der Waals surface area contributed by atoms with Crippen molar-refractivity contribution >= 4 is 5.97 Å². The maximum absolute atomic E-state index is 10.6. The largest absolute Gasteiger partial charge is 0.490 e. The Hall–Kier alpha value is -0.820. The molecule has 0 radical (unpaired) electrons. The molecule has 1 rings (SSSR count). The van der Waals surface area contributed by atoms with E-state index in [4.69, 9.17) is 9.90 Å². The number of β-amino-alcohol motifs (C(OH)–C–C–N with tert-alkyl or cyclic N) is 1. The third-order valence-electron chi connectivity index (χ3n) is 1.87. The summed E-state index contributed by atoms with van der Waals surface area (Å²) in [5.41, 5.74) is -0.339. The van der Waals surface area contributed by atoms with Gasteiger partial charge in [-0.25, -0.2) is 4.79 Å². The monoisotopic (exact) mass is 229 g/mol. The molecule has 0 aromatic heterocycles. The smallest absolute Gasteiger partial charge is 0.475 e. The molecule has 1 fully saturated rings. The van der Waals surface area contributed by atoms with E-state index in [-0.39, 0.29) is 5.60 Å². The first kappa shape index (κ1) is 14.2. The first-order valence-electron chi connectivity index (χ1n) is 4.44. The number of carboxylic acid groups (broad SMARTS) is 1. The van der Waals surface area contributed by atoms with E-state index in [9.17, 15) is 18.3 Å². The first-order valence-corrected chi connectivity index (χ1v) is 4.44. The van der Waals surface area contributed by atoms with Gasteiger partial charge >= 0.3 is 12.1 Å². The molecule has 0 aromatic rings. The standard InChI is InChI=1S/C6H13NO.C2HF3O2/c1-2-3-6(8)4-7-5-6;3-2(4,5)1(6)7/h7-8H,2-5H2,1H3;(H,6,7). The highest BCUT2D eigenvalue weighted by Gasteiger charge is 2.38. The van der Waals surface area contributed by atoms with Crippen LogP contribution in [0.15, 0.2) is 0 Å². The summed E-state index contributed by atoms with van der Waals surface area (Å²) in [5, 5.41) is 19.5. The summed E-state index contributed by atoms with van der Waals surface area (Å²) in [6.07, 6.45) is -3.06. The topological polar surface area (TPSA) is 69.6 Å². The number of aliphatic carboxylic acids is 1. The summed E-state index contributed by atoms with van der Waals surface area (Å²) in [6.45, 7) is 3.68. The fourth-order valence-electron chi connectivity index (χ4n) is 1.06. The van der Waals surface area contributed by atoms with Crippen LogP contribution in [0.25, 0.3) is 0 Å². The van der Waals surface area contributed by atoms with Crippen molar-refractivity contribution in [2.75, 3.05) is 13.1 Å². The van der Waals surface area contributed by atoms with Crippen LogP contribution in [0, 0.1) is 0 Å². The Morgan fingerprint density at radius 2 is 1.87 bits per heavy atom. The molecule has 15 heavy (non-hydrogen) atoms. The van der Waals surface area contributed by atoms with Crippen molar-refractivity contribution in [3.8, 4) is 0 Å². The minimum Gasteiger partial charge on any atom is -0.475 e. The lowest BCUT2D eigenvalue weighted by Gasteiger charge is -2.37. The van der Waals surface area contributed by atoms with Gasteiger partial charge in [0.25, 0.3) is 0 Å². The fraction of sp³-hybridized carbons (Fsp3) is 0.875. The van der Waals surface area contributed by atoms with Gasteiger partial charge in [0.05, 0.1) is 5.60 Å². The molecule has 0 saturated carbocycles. The average Bonchev–Trinajstić information content (AvgIpc) is 2.01. The summed E-state index contributed by atoms with van der Waals surface area (Å²) in [5.74, 6) is -2.76. The van der Waals surface area contributed by atoms with E-state index >= 15 is 0 Å². The summed E-state index contributed by atoms with van der Waals surface area (Å²) in [4.78, 5) is 8.90. The van der Waals surface area contributed by atoms with E-state index in [0.29, 0.717) is 0 Å². The number of alkyl halides is 3. The van der Waals surface area contributed by atoms with Crippen molar-refractivity contribution in [2.24, 2.45) is 0 Å². The molecule has 1 saturated heterocycles. The van der Waals surface area contributed by atoms with Crippen molar-refractivity contribution in [1.82, 2.24) is 5.32 Å². The second kappa shape index (κ2) is 5.32. The van der Waals surface area contributed by atoms with Crippen LogP contribution >= 0.6 is 0 Å². The van der Waals surface area contributed by atoms with E-state index in [1.165, 1.54) is 0 Å². The Balaban J connectivity index is 0.000000265. The van der Waals surface area contributed by atoms with Crippen molar-refractivity contribution in [3.63, 3.8) is 0 Å². The second-order valence-corrected chi connectivity index (χ2v) is 3.38. The van der Waals surface area contributed by atoms with Crippen LogP contribution in [-0.4, -0.2) is 41.0 Å². The Morgan fingerprint density at radius 1 is 1.47 bits per heavy atom. The number of halogens is 3. The van der Waals surface area contributed by atoms with Crippen LogP contribution < -0.4 is 5.32 Å². The van der Waals surface area contributed by atoms with Gasteiger partial charge in [0.15, 0.2) is 0 Å². The molecule has 3 N–H and O–H groups in total. The lowest BCUT2D eigenvalue weighted by Crippen LogP contribution is -2.59. The van der Waals surface area contributed by atoms with Gasteiger partial charge < -0.3 is 15.5 Å². The molecule has 0 bridgehead atoms. The summed E-state index contributed by atoms with van der Waals surface area (Å²) in [7, 11) is 0. The van der Waals surface area contributed by atoms with Crippen LogP contribution in [0.2, 0.25) is 0 Å². The van der Waals surface area contributed by atoms with Gasteiger partial charge in [-0.3, -0.25) is 0 Å². The number of nitrogens with one attached hydrogen (secondary N) is 1. The quantitative estimate of drug-likeness (QED) is 0.653. The molecule has 1 aliphatic heterocycles. The van der Waals surface area contributed by atoms with Crippen molar-refractivity contribution in [3.05, 3.63) is 0 Å². The van der Waals surface area contributed by atoms with Crippen molar-refractivity contribution in [1.29, 1.82) is 0 Å². The van der Waals surface area contributed by atoms with E-state index in [2.05, 4.69) is 12.2 Å². The number of carbonyl (C=O) groups is 1. The van der Waals surface area contributed by atoms with E-state index in [1.807, 2.05) is 0 Å². The Kier molecular flexibility index (Phi) is 5.02. The van der Waals surface area contributed by atoms with Crippen LogP contribution in [0.3, 0.4) is 0 Å². The van der Waals surface area contributed by atoms with Crippen molar-refractivity contribution in [2.45, 2.75) is 31.5 Å². The minimum atomic E-state index is -5.08. The number of carboxylic acids is 1. The highest BCUT2D eigenvalue weighted by atomic mass is 19.4. The highest BCUT2D eigenvalue weighted by molar-refractivity contribution is 5.73. The number of hydrogen-bond acceptors (Lipinski definition) is 3. The lowest BCUT2D eigenvalue weighted by atomic mass is 9.92. The maximum Gasteiger partial charge on any atom is 0.490 e. The first-order chi connectivity index (χ1) is 6.71. The molecule has 4 nitrogen and oxygen atoms in total. The number of aliphatic hydroxyl groups is 1. The Bertz CT molecular complexity index is 214. The highest BCUT2D eigenvalue weighted by Crippen LogP contribution is 2.16. The average molecular weight is 229 g/mol. The molecule has 7 heteroatoms. The third-order valence-corrected chi connectivity index (χ3v) is 1.87. The summed E-state index contributed by atoms with van der Waals surface area (Å²) >= 11 is 0. The van der Waals surface area contributed by atoms with E-state index in [1.54, 1.807) is 0 Å². The maximum atomic E-state index is 10.6. The van der Waals surface area contributed by atoms with Gasteiger partial charge in [0, 0.05) is 13.1 Å². The molecular formula is C8H14F3NO3. The molecule has 0 spiro atoms. The van der Waals surface area contributed by atoms with Gasteiger partial charge in [-0.05, 0) is 6.42 Å². The molecule has 0 aliphatic carbocycles. The molecule has 0 aromatic carbocycles. The fourth-order valence-corrected chi connectivity index (χ4v) is 1.06. The van der Waals surface area contributed by atoms with Crippen LogP contribution in [0.4, 0.5) is 13.2 Å². The third kappa shape index (κ3) is 5.58. The Labute approximate surface area is 85.1 Å². The van der Waals surface area contributed by atoms with E-state index < -0.39 is 12.1 Å². The zero-order chi connectivity index (χ0) is 12.1. The van der Waals surface area contributed by atoms with Gasteiger partial charge in [-0.2, -0.15) is 13.2 Å². The number of rotatable bonds is 2. The van der Waals surface area contributed by atoms with Gasteiger partial charge in [0.1, 0.15) is 0 Å². The molecule has 0 unspecified atom stereocenters. The predicted octanol–water partition coefficient (Wildman–Crippen LogP) is 0.754. The lowest BCUT2D eigenvalue weighted by molar-refractivity contribution is -0.192. The van der Waals surface area contributed by atoms with E-state index in [0.717, 1.165) is 25.9 Å². The van der Waals surface area contributed by atoms with Crippen LogP contribution in [0.5, 0.6) is 0 Å². The van der Waals surface area contributed by atoms with Gasteiger partial charge in [-0.1, -0.05) is 13.3 Å². The Morgan fingerprint density at radius 3 is 1.93 bits per heavy atom. The van der Waals surface area contributed by atoms with Gasteiger partial charge in [-0.15, -0.1) is 0 Å². The zero-order valence-electron chi connectivity index (χ0n) is 8.26. The van der Waals surface area contributed by atoms with Gasteiger partial charge in [0.2, 0.25) is 0 Å². The summed E-state index contributed by atoms with van der Waals surface area (Å²) in [6, 6.07) is 0. The molecular weight excluding hydrogens is 215 g/mol. The minimum absolute atomic E-state index is 0.339. The molecule has 0 atom stereocenters. The molecule has 1 heterocycles. The van der Waals surface area contributed by atoms with Crippen molar-refractivity contribution < 1.29 is 28.2 Å². The normalized spacial score (nSPS) is 18.5. The number of hydrogen-bond donors (Lipinski definition) is 3. The zero-order valence-corrected chi connectivity index (χ0v) is 8.26. The molecule has 0 amide bonds. The van der Waals surface area contributed by atoms with Crippen LogP contribution in [-0.2, 0) is 4.79 Å². The SMILES string of the molecule is CCCC1(O)CNC1.O=C(O)C(F)(F)F. The molecule has 1 aliphatic rings. The molecule has 90 valence electrons. The van der Waals surface area contributed by atoms with Crippen LogP contribution in [0.1, 0.15) is 19.8 Å². The second-order valence-electron chi connectivity index (χ2n) is 3.38. The predicted molar refractivity (Wildman–Crippen MR) is 46.4 cm³/mol. The summed E-state index contributed by atoms with van der Waals surface area (Å²) < 4.78 is 31.7.